The minimum atomic E-state index is -0.961. The fourth-order valence-electron chi connectivity index (χ4n) is 1.91. The van der Waals surface area contributed by atoms with Gasteiger partial charge in [0.2, 0.25) is 11.1 Å². The van der Waals surface area contributed by atoms with Gasteiger partial charge in [0.1, 0.15) is 11.7 Å². The zero-order chi connectivity index (χ0) is 14.0. The topological polar surface area (TPSA) is 107 Å². The molecule has 1 N–H and O–H groups in total. The summed E-state index contributed by atoms with van der Waals surface area (Å²) in [5.74, 6) is -0.544. The third kappa shape index (κ3) is 2.43. The van der Waals surface area contributed by atoms with E-state index in [1.807, 2.05) is 0 Å². The molecule has 102 valence electrons. The summed E-state index contributed by atoms with van der Waals surface area (Å²) in [6.07, 6.45) is 2.88. The first kappa shape index (κ1) is 13.5. The van der Waals surface area contributed by atoms with Crippen LogP contribution in [0.25, 0.3) is 0 Å². The monoisotopic (exact) mass is 286 g/mol. The van der Waals surface area contributed by atoms with Crippen molar-refractivity contribution in [1.29, 1.82) is 0 Å². The summed E-state index contributed by atoms with van der Waals surface area (Å²) in [5, 5.41) is 13.5. The highest BCUT2D eigenvalue weighted by Crippen LogP contribution is 2.38. The molecule has 0 atom stereocenters. The molecule has 8 nitrogen and oxygen atoms in total. The number of carbonyl (C=O) groups is 1. The number of nitro groups is 1. The average molecular weight is 287 g/mol. The van der Waals surface area contributed by atoms with Gasteiger partial charge in [0.25, 0.3) is 0 Å². The van der Waals surface area contributed by atoms with Crippen LogP contribution >= 0.6 is 11.6 Å². The number of methoxy groups -OCH3 is 1. The van der Waals surface area contributed by atoms with Crippen molar-refractivity contribution in [1.82, 2.24) is 9.97 Å². The third-order valence-corrected chi connectivity index (χ3v) is 3.26. The van der Waals surface area contributed by atoms with Crippen molar-refractivity contribution in [2.45, 2.75) is 24.8 Å². The first-order valence-corrected chi connectivity index (χ1v) is 5.90. The van der Waals surface area contributed by atoms with Crippen molar-refractivity contribution in [2.24, 2.45) is 0 Å². The van der Waals surface area contributed by atoms with Gasteiger partial charge in [0.15, 0.2) is 0 Å². The number of carbonyl (C=O) groups excluding carboxylic acids is 1. The number of halogens is 1. The number of nitrogens with zero attached hydrogens (tertiary/aromatic N) is 3. The number of aromatic nitrogens is 2. The Balaban J connectivity index is 2.34. The second-order valence-corrected chi connectivity index (χ2v) is 4.52. The molecule has 1 saturated carbocycles. The van der Waals surface area contributed by atoms with Gasteiger partial charge in [-0.05, 0) is 30.9 Å². The molecule has 0 spiro atoms. The van der Waals surface area contributed by atoms with E-state index in [2.05, 4.69) is 15.3 Å². The van der Waals surface area contributed by atoms with Crippen LogP contribution in [0.3, 0.4) is 0 Å². The van der Waals surface area contributed by atoms with E-state index in [0.717, 1.165) is 12.6 Å². The van der Waals surface area contributed by atoms with Crippen LogP contribution in [0.4, 0.5) is 11.5 Å². The smallest absolute Gasteiger partial charge is 0.331 e. The Morgan fingerprint density at radius 3 is 2.79 bits per heavy atom. The highest BCUT2D eigenvalue weighted by Gasteiger charge is 2.46. The molecule has 0 radical (unpaired) electrons. The van der Waals surface area contributed by atoms with Crippen LogP contribution in [-0.2, 0) is 9.53 Å². The lowest BCUT2D eigenvalue weighted by molar-refractivity contribution is -0.384. The maximum atomic E-state index is 11.8. The first-order valence-electron chi connectivity index (χ1n) is 5.52. The van der Waals surface area contributed by atoms with Crippen molar-refractivity contribution >= 4 is 29.1 Å². The fourth-order valence-corrected chi connectivity index (χ4v) is 2.05. The van der Waals surface area contributed by atoms with Crippen LogP contribution in [0, 0.1) is 10.1 Å². The molecule has 1 aliphatic rings. The normalized spacial score (nSPS) is 16.3. The lowest BCUT2D eigenvalue weighted by atomic mass is 9.76. The summed E-state index contributed by atoms with van der Waals surface area (Å²) in [4.78, 5) is 29.3. The Morgan fingerprint density at radius 1 is 1.63 bits per heavy atom. The van der Waals surface area contributed by atoms with Crippen LogP contribution in [0.5, 0.6) is 0 Å². The molecule has 0 aliphatic heterocycles. The largest absolute Gasteiger partial charge is 0.467 e. The van der Waals surface area contributed by atoms with Crippen molar-refractivity contribution in [3.8, 4) is 0 Å². The van der Waals surface area contributed by atoms with E-state index in [9.17, 15) is 14.9 Å². The SMILES string of the molecule is COC(=O)C1(Nc2nc(Cl)ncc2[N+](=O)[O-])CCC1. The van der Waals surface area contributed by atoms with Crippen LogP contribution < -0.4 is 5.32 Å². The highest BCUT2D eigenvalue weighted by atomic mass is 35.5. The minimum Gasteiger partial charge on any atom is -0.467 e. The van der Waals surface area contributed by atoms with E-state index in [1.54, 1.807) is 0 Å². The standard InChI is InChI=1S/C10H11ClN4O4/c1-19-8(16)10(3-2-4-10)14-7-6(15(17)18)5-12-9(11)13-7/h5H,2-4H2,1H3,(H,12,13,14). The number of nitrogens with one attached hydrogen (secondary N) is 1. The predicted molar refractivity (Wildman–Crippen MR) is 65.9 cm³/mol. The average Bonchev–Trinajstić information content (AvgIpc) is 2.32. The van der Waals surface area contributed by atoms with Crippen molar-refractivity contribution in [3.05, 3.63) is 21.6 Å². The Morgan fingerprint density at radius 2 is 2.32 bits per heavy atom. The number of ether oxygens (including phenoxy) is 1. The molecule has 0 aromatic carbocycles. The number of esters is 1. The minimum absolute atomic E-state index is 0.0740. The van der Waals surface area contributed by atoms with Gasteiger partial charge in [0.05, 0.1) is 12.0 Å². The van der Waals surface area contributed by atoms with Gasteiger partial charge in [0, 0.05) is 0 Å². The van der Waals surface area contributed by atoms with E-state index in [-0.39, 0.29) is 16.8 Å². The number of hydrogen-bond acceptors (Lipinski definition) is 7. The third-order valence-electron chi connectivity index (χ3n) is 3.08. The van der Waals surface area contributed by atoms with Crippen LogP contribution in [0.2, 0.25) is 5.28 Å². The fraction of sp³-hybridized carbons (Fsp3) is 0.500. The van der Waals surface area contributed by atoms with E-state index in [0.29, 0.717) is 12.8 Å². The Hall–Kier alpha value is -1.96. The predicted octanol–water partition coefficient (Wildman–Crippen LogP) is 1.55. The summed E-state index contributed by atoms with van der Waals surface area (Å²) in [6.45, 7) is 0. The summed E-state index contributed by atoms with van der Waals surface area (Å²) in [6, 6.07) is 0. The molecule has 2 rings (SSSR count). The van der Waals surface area contributed by atoms with Gasteiger partial charge < -0.3 is 10.1 Å². The van der Waals surface area contributed by atoms with Crippen molar-refractivity contribution < 1.29 is 14.5 Å². The summed E-state index contributed by atoms with van der Waals surface area (Å²) in [7, 11) is 1.27. The van der Waals surface area contributed by atoms with Gasteiger partial charge in [-0.25, -0.2) is 9.78 Å². The maximum absolute atomic E-state index is 11.8. The maximum Gasteiger partial charge on any atom is 0.331 e. The Kier molecular flexibility index (Phi) is 3.52. The molecule has 1 aromatic rings. The molecular weight excluding hydrogens is 276 g/mol. The van der Waals surface area contributed by atoms with E-state index in [4.69, 9.17) is 16.3 Å². The number of hydrogen-bond donors (Lipinski definition) is 1. The molecule has 0 saturated heterocycles. The zero-order valence-corrected chi connectivity index (χ0v) is 10.8. The summed E-state index contributed by atoms with van der Waals surface area (Å²) >= 11 is 5.62. The molecule has 1 aliphatic carbocycles. The van der Waals surface area contributed by atoms with E-state index in [1.165, 1.54) is 7.11 Å². The van der Waals surface area contributed by atoms with Crippen LogP contribution in [0.1, 0.15) is 19.3 Å². The summed E-state index contributed by atoms with van der Waals surface area (Å²) < 4.78 is 4.71. The second kappa shape index (κ2) is 4.96. The molecule has 19 heavy (non-hydrogen) atoms. The van der Waals surface area contributed by atoms with Crippen LogP contribution in [0.15, 0.2) is 6.20 Å². The second-order valence-electron chi connectivity index (χ2n) is 4.18. The van der Waals surface area contributed by atoms with Crippen molar-refractivity contribution in [3.63, 3.8) is 0 Å². The molecular formula is C10H11ClN4O4. The highest BCUT2D eigenvalue weighted by molar-refractivity contribution is 6.28. The molecule has 1 fully saturated rings. The van der Waals surface area contributed by atoms with E-state index < -0.39 is 16.4 Å². The number of rotatable bonds is 4. The summed E-state index contributed by atoms with van der Waals surface area (Å²) in [5.41, 5.74) is -1.29. The van der Waals surface area contributed by atoms with Crippen molar-refractivity contribution in [2.75, 3.05) is 12.4 Å². The molecule has 1 aromatic heterocycles. The van der Waals surface area contributed by atoms with Gasteiger partial charge >= 0.3 is 11.7 Å². The van der Waals surface area contributed by atoms with Gasteiger partial charge in [-0.2, -0.15) is 4.98 Å². The zero-order valence-electron chi connectivity index (χ0n) is 10.1. The van der Waals surface area contributed by atoms with Gasteiger partial charge in [-0.15, -0.1) is 0 Å². The van der Waals surface area contributed by atoms with Gasteiger partial charge in [-0.3, -0.25) is 10.1 Å². The lowest BCUT2D eigenvalue weighted by Crippen LogP contribution is -2.53. The lowest BCUT2D eigenvalue weighted by Gasteiger charge is -2.39. The van der Waals surface area contributed by atoms with Gasteiger partial charge in [-0.1, -0.05) is 0 Å². The first-order chi connectivity index (χ1) is 8.98. The number of anilines is 1. The molecule has 1 heterocycles. The molecule has 0 unspecified atom stereocenters. The molecule has 0 bridgehead atoms. The molecule has 0 amide bonds. The van der Waals surface area contributed by atoms with Crippen LogP contribution in [-0.4, -0.2) is 33.5 Å². The van der Waals surface area contributed by atoms with E-state index >= 15 is 0 Å². The Bertz CT molecular complexity index is 532. The molecule has 9 heteroatoms. The Labute approximate surface area is 113 Å². The quantitative estimate of drug-likeness (QED) is 0.387.